The van der Waals surface area contributed by atoms with E-state index in [1.54, 1.807) is 54.6 Å². The number of hydrogen-bond acceptors (Lipinski definition) is 4. The van der Waals surface area contributed by atoms with Crippen LogP contribution in [-0.4, -0.2) is 25.4 Å². The van der Waals surface area contributed by atoms with E-state index in [0.717, 1.165) is 6.42 Å². The van der Waals surface area contributed by atoms with Crippen molar-refractivity contribution >= 4 is 27.4 Å². The minimum atomic E-state index is -3.48. The number of sulfone groups is 1. The maximum atomic E-state index is 12.5. The van der Waals surface area contributed by atoms with Crippen LogP contribution in [0.5, 0.6) is 0 Å². The van der Waals surface area contributed by atoms with Crippen molar-refractivity contribution in [3.05, 3.63) is 60.2 Å². The van der Waals surface area contributed by atoms with Gasteiger partial charge in [0.05, 0.1) is 16.1 Å². The normalized spacial score (nSPS) is 15.6. The third-order valence-electron chi connectivity index (χ3n) is 4.93. The minimum Gasteiger partial charge on any atom is -0.481 e. The summed E-state index contributed by atoms with van der Waals surface area (Å²) in [5.74, 6) is -1.49. The Morgan fingerprint density at radius 3 is 2.33 bits per heavy atom. The highest BCUT2D eigenvalue weighted by molar-refractivity contribution is 7.90. The molecule has 142 valence electrons. The van der Waals surface area contributed by atoms with Crippen molar-refractivity contribution in [2.24, 2.45) is 5.41 Å². The Kier molecular flexibility index (Phi) is 5.32. The number of benzene rings is 2. The summed E-state index contributed by atoms with van der Waals surface area (Å²) in [5.41, 5.74) is 0.0482. The number of rotatable bonds is 7. The van der Waals surface area contributed by atoms with E-state index in [2.05, 4.69) is 5.32 Å². The lowest BCUT2D eigenvalue weighted by molar-refractivity contribution is -0.157. The molecule has 1 aliphatic rings. The molecule has 2 aromatic carbocycles. The summed E-state index contributed by atoms with van der Waals surface area (Å²) >= 11 is 0. The first-order valence-electron chi connectivity index (χ1n) is 8.71. The Morgan fingerprint density at radius 1 is 1.04 bits per heavy atom. The fraction of sp³-hybridized carbons (Fsp3) is 0.300. The molecule has 0 bridgehead atoms. The lowest BCUT2D eigenvalue weighted by Crippen LogP contribution is -2.41. The number of carbonyl (C=O) groups excluding carboxylic acids is 1. The van der Waals surface area contributed by atoms with Crippen molar-refractivity contribution in [3.63, 3.8) is 0 Å². The van der Waals surface area contributed by atoms with Gasteiger partial charge in [-0.2, -0.15) is 0 Å². The summed E-state index contributed by atoms with van der Waals surface area (Å²) in [7, 11) is -3.48. The van der Waals surface area contributed by atoms with E-state index in [0.29, 0.717) is 24.1 Å². The van der Waals surface area contributed by atoms with Gasteiger partial charge >= 0.3 is 5.97 Å². The van der Waals surface area contributed by atoms with Gasteiger partial charge in [0.25, 0.3) is 0 Å². The van der Waals surface area contributed by atoms with Gasteiger partial charge in [0, 0.05) is 12.1 Å². The summed E-state index contributed by atoms with van der Waals surface area (Å²) < 4.78 is 25.0. The molecule has 0 unspecified atom stereocenters. The van der Waals surface area contributed by atoms with Crippen LogP contribution in [0.25, 0.3) is 0 Å². The van der Waals surface area contributed by atoms with E-state index in [9.17, 15) is 23.1 Å². The molecule has 0 aromatic heterocycles. The Labute approximate surface area is 158 Å². The molecule has 2 N–H and O–H groups in total. The molecule has 1 saturated carbocycles. The Balaban J connectivity index is 1.69. The van der Waals surface area contributed by atoms with Gasteiger partial charge in [0.15, 0.2) is 9.84 Å². The van der Waals surface area contributed by atoms with Gasteiger partial charge in [-0.15, -0.1) is 0 Å². The zero-order valence-corrected chi connectivity index (χ0v) is 15.5. The van der Waals surface area contributed by atoms with Crippen LogP contribution in [0.15, 0.2) is 59.5 Å². The SMILES string of the molecule is O=C(CC1(C(=O)O)CCC1)Nc1cccc(CS(=O)(=O)c2ccccc2)c1. The number of hydrogen-bond donors (Lipinski definition) is 2. The second-order valence-corrected chi connectivity index (χ2v) is 8.93. The van der Waals surface area contributed by atoms with Gasteiger partial charge in [-0.25, -0.2) is 8.42 Å². The summed E-state index contributed by atoms with van der Waals surface area (Å²) in [5, 5.41) is 12.0. The fourth-order valence-electron chi connectivity index (χ4n) is 3.25. The predicted octanol–water partition coefficient (Wildman–Crippen LogP) is 3.24. The average molecular weight is 387 g/mol. The molecule has 27 heavy (non-hydrogen) atoms. The lowest BCUT2D eigenvalue weighted by Gasteiger charge is -2.36. The van der Waals surface area contributed by atoms with Gasteiger partial charge in [-0.1, -0.05) is 36.8 Å². The summed E-state index contributed by atoms with van der Waals surface area (Å²) in [6.45, 7) is 0. The van der Waals surface area contributed by atoms with Crippen molar-refractivity contribution in [3.8, 4) is 0 Å². The first-order chi connectivity index (χ1) is 12.8. The molecule has 0 aliphatic heterocycles. The second kappa shape index (κ2) is 7.52. The highest BCUT2D eigenvalue weighted by atomic mass is 32.2. The van der Waals surface area contributed by atoms with E-state index in [4.69, 9.17) is 0 Å². The number of aliphatic carboxylic acids is 1. The number of carboxylic acids is 1. The van der Waals surface area contributed by atoms with Crippen LogP contribution in [0.3, 0.4) is 0 Å². The van der Waals surface area contributed by atoms with Crippen molar-refractivity contribution in [1.82, 2.24) is 0 Å². The van der Waals surface area contributed by atoms with E-state index in [1.807, 2.05) is 0 Å². The number of amides is 1. The molecule has 0 saturated heterocycles. The molecule has 0 heterocycles. The fourth-order valence-corrected chi connectivity index (χ4v) is 4.61. The molecule has 0 spiro atoms. The van der Waals surface area contributed by atoms with Gasteiger partial charge in [0.2, 0.25) is 5.91 Å². The van der Waals surface area contributed by atoms with Crippen LogP contribution in [0, 0.1) is 5.41 Å². The molecule has 7 heteroatoms. The van der Waals surface area contributed by atoms with Crippen molar-refractivity contribution in [2.75, 3.05) is 5.32 Å². The van der Waals surface area contributed by atoms with Crippen LogP contribution in [0.1, 0.15) is 31.2 Å². The molecule has 1 fully saturated rings. The predicted molar refractivity (Wildman–Crippen MR) is 101 cm³/mol. The van der Waals surface area contributed by atoms with Gasteiger partial charge in [-0.3, -0.25) is 9.59 Å². The molecule has 1 amide bonds. The van der Waals surface area contributed by atoms with Crippen LogP contribution < -0.4 is 5.32 Å². The smallest absolute Gasteiger partial charge is 0.310 e. The molecular formula is C20H21NO5S. The third-order valence-corrected chi connectivity index (χ3v) is 6.64. The van der Waals surface area contributed by atoms with E-state index in [1.165, 1.54) is 0 Å². The monoisotopic (exact) mass is 387 g/mol. The molecule has 2 aromatic rings. The lowest BCUT2D eigenvalue weighted by atomic mass is 9.66. The standard InChI is InChI=1S/C20H21NO5S/c22-18(13-20(19(23)24)10-5-11-20)21-16-7-4-6-15(12-16)14-27(25,26)17-8-2-1-3-9-17/h1-4,6-9,12H,5,10-11,13-14H2,(H,21,22)(H,23,24). The van der Waals surface area contributed by atoms with Crippen molar-refractivity contribution in [2.45, 2.75) is 36.3 Å². The van der Waals surface area contributed by atoms with E-state index < -0.39 is 21.2 Å². The highest BCUT2D eigenvalue weighted by Crippen LogP contribution is 2.44. The molecule has 6 nitrogen and oxygen atoms in total. The molecule has 1 aliphatic carbocycles. The Morgan fingerprint density at radius 2 is 1.74 bits per heavy atom. The van der Waals surface area contributed by atoms with Crippen molar-refractivity contribution < 1.29 is 23.1 Å². The topological polar surface area (TPSA) is 101 Å². The van der Waals surface area contributed by atoms with Gasteiger partial charge in [0.1, 0.15) is 0 Å². The number of carbonyl (C=O) groups is 2. The summed E-state index contributed by atoms with van der Waals surface area (Å²) in [4.78, 5) is 23.9. The average Bonchev–Trinajstić information content (AvgIpc) is 2.58. The Hall–Kier alpha value is -2.67. The number of carboxylic acid groups (broad SMARTS) is 1. The zero-order valence-electron chi connectivity index (χ0n) is 14.7. The zero-order chi connectivity index (χ0) is 19.5. The summed E-state index contributed by atoms with van der Waals surface area (Å²) in [6, 6.07) is 14.8. The van der Waals surface area contributed by atoms with Crippen LogP contribution in [-0.2, 0) is 25.2 Å². The van der Waals surface area contributed by atoms with E-state index >= 15 is 0 Å². The molecule has 0 atom stereocenters. The van der Waals surface area contributed by atoms with Crippen LogP contribution in [0.2, 0.25) is 0 Å². The third kappa shape index (κ3) is 4.36. The van der Waals surface area contributed by atoms with Crippen molar-refractivity contribution in [1.29, 1.82) is 0 Å². The first kappa shape index (κ1) is 19.1. The molecule has 0 radical (unpaired) electrons. The highest BCUT2D eigenvalue weighted by Gasteiger charge is 2.45. The van der Waals surface area contributed by atoms with E-state index in [-0.39, 0.29) is 23.0 Å². The number of nitrogens with one attached hydrogen (secondary N) is 1. The molecular weight excluding hydrogens is 366 g/mol. The quantitative estimate of drug-likeness (QED) is 0.760. The summed E-state index contributed by atoms with van der Waals surface area (Å²) in [6.07, 6.45) is 1.75. The van der Waals surface area contributed by atoms with Gasteiger partial charge < -0.3 is 10.4 Å². The Bertz CT molecular complexity index is 949. The first-order valence-corrected chi connectivity index (χ1v) is 10.4. The maximum Gasteiger partial charge on any atom is 0.310 e. The second-order valence-electron chi connectivity index (χ2n) is 6.94. The number of anilines is 1. The maximum absolute atomic E-state index is 12.5. The minimum absolute atomic E-state index is 0.0745. The molecule has 3 rings (SSSR count). The van der Waals surface area contributed by atoms with Crippen LogP contribution in [0.4, 0.5) is 5.69 Å². The van der Waals surface area contributed by atoms with Gasteiger partial charge in [-0.05, 0) is 42.7 Å². The largest absolute Gasteiger partial charge is 0.481 e. The van der Waals surface area contributed by atoms with Crippen LogP contribution >= 0.6 is 0 Å².